The summed E-state index contributed by atoms with van der Waals surface area (Å²) in [7, 11) is 0. The molecule has 2 heterocycles. The fourth-order valence-corrected chi connectivity index (χ4v) is 2.81. The number of rotatable bonds is 7. The molecule has 0 amide bonds. The summed E-state index contributed by atoms with van der Waals surface area (Å²) in [6.07, 6.45) is 3.25. The molecule has 0 aliphatic rings. The van der Waals surface area contributed by atoms with Crippen LogP contribution in [0, 0.1) is 13.8 Å². The minimum Gasteiger partial charge on any atom is -0.394 e. The number of aromatic nitrogens is 5. The maximum absolute atomic E-state index is 9.12. The summed E-state index contributed by atoms with van der Waals surface area (Å²) in [5.41, 5.74) is 5.46. The van der Waals surface area contributed by atoms with Gasteiger partial charge >= 0.3 is 0 Å². The van der Waals surface area contributed by atoms with E-state index in [2.05, 4.69) is 32.6 Å². The van der Waals surface area contributed by atoms with E-state index in [0.717, 1.165) is 22.6 Å². The number of nitrogens with one attached hydrogen (secondary N) is 1. The van der Waals surface area contributed by atoms with Crippen LogP contribution in [0.25, 0.3) is 0 Å². The van der Waals surface area contributed by atoms with Crippen LogP contribution in [-0.2, 0) is 19.6 Å². The molecule has 126 valence electrons. The second-order valence-corrected chi connectivity index (χ2v) is 5.70. The highest BCUT2D eigenvalue weighted by molar-refractivity contribution is 5.51. The minimum atomic E-state index is 0.0928. The average molecular weight is 326 g/mol. The summed E-state index contributed by atoms with van der Waals surface area (Å²) >= 11 is 0. The van der Waals surface area contributed by atoms with Crippen LogP contribution in [-0.4, -0.2) is 36.3 Å². The first kappa shape index (κ1) is 16.2. The molecule has 7 heteroatoms. The van der Waals surface area contributed by atoms with Gasteiger partial charge in [0.05, 0.1) is 25.4 Å². The van der Waals surface area contributed by atoms with Crippen LogP contribution in [0.2, 0.25) is 0 Å². The molecule has 7 nitrogen and oxygen atoms in total. The fourth-order valence-electron chi connectivity index (χ4n) is 2.81. The van der Waals surface area contributed by atoms with E-state index in [1.807, 2.05) is 30.7 Å². The monoisotopic (exact) mass is 326 g/mol. The van der Waals surface area contributed by atoms with Crippen LogP contribution in [0.3, 0.4) is 0 Å². The van der Waals surface area contributed by atoms with E-state index in [1.165, 1.54) is 11.9 Å². The first-order valence-electron chi connectivity index (χ1n) is 7.97. The van der Waals surface area contributed by atoms with Crippen LogP contribution >= 0.6 is 0 Å². The lowest BCUT2D eigenvalue weighted by Gasteiger charge is -2.12. The van der Waals surface area contributed by atoms with Gasteiger partial charge in [0.15, 0.2) is 0 Å². The van der Waals surface area contributed by atoms with Crippen LogP contribution < -0.4 is 5.32 Å². The second-order valence-electron chi connectivity index (χ2n) is 5.70. The third-order valence-electron chi connectivity index (χ3n) is 4.12. The van der Waals surface area contributed by atoms with Gasteiger partial charge < -0.3 is 10.4 Å². The number of hydrogen-bond donors (Lipinski definition) is 2. The molecule has 1 aromatic carbocycles. The number of benzene rings is 1. The summed E-state index contributed by atoms with van der Waals surface area (Å²) in [5.74, 6) is 0. The second kappa shape index (κ2) is 7.27. The minimum absolute atomic E-state index is 0.0928. The average Bonchev–Trinajstić information content (AvgIpc) is 3.17. The molecule has 2 N–H and O–H groups in total. The summed E-state index contributed by atoms with van der Waals surface area (Å²) in [6, 6.07) is 8.18. The van der Waals surface area contributed by atoms with Gasteiger partial charge in [0.25, 0.3) is 0 Å². The zero-order valence-corrected chi connectivity index (χ0v) is 14.0. The van der Waals surface area contributed by atoms with Crippen molar-refractivity contribution in [3.8, 4) is 0 Å². The fraction of sp³-hybridized carbons (Fsp3) is 0.353. The lowest BCUT2D eigenvalue weighted by atomic mass is 10.1. The Morgan fingerprint density at radius 1 is 1.21 bits per heavy atom. The molecule has 0 aliphatic heterocycles. The highest BCUT2D eigenvalue weighted by Crippen LogP contribution is 2.19. The van der Waals surface area contributed by atoms with Crippen molar-refractivity contribution in [2.45, 2.75) is 33.5 Å². The number of para-hydroxylation sites is 1. The molecule has 0 radical (unpaired) electrons. The summed E-state index contributed by atoms with van der Waals surface area (Å²) in [5, 5.41) is 21.3. The predicted octanol–water partition coefficient (Wildman–Crippen LogP) is 1.74. The molecule has 24 heavy (non-hydrogen) atoms. The molecule has 0 fully saturated rings. The van der Waals surface area contributed by atoms with E-state index in [1.54, 1.807) is 11.0 Å². The van der Waals surface area contributed by atoms with Crippen molar-refractivity contribution in [3.05, 3.63) is 59.4 Å². The molecule has 0 atom stereocenters. The first-order valence-corrected chi connectivity index (χ1v) is 7.97. The van der Waals surface area contributed by atoms with Gasteiger partial charge in [-0.1, -0.05) is 18.2 Å². The molecular formula is C17H22N6O. The maximum atomic E-state index is 9.12. The number of hydrogen-bond acceptors (Lipinski definition) is 5. The van der Waals surface area contributed by atoms with E-state index in [0.29, 0.717) is 19.6 Å². The summed E-state index contributed by atoms with van der Waals surface area (Å²) in [4.78, 5) is 3.98. The number of aliphatic hydroxyl groups is 1. The maximum Gasteiger partial charge on any atom is 0.137 e. The van der Waals surface area contributed by atoms with E-state index in [-0.39, 0.29) is 6.61 Å². The molecule has 0 saturated heterocycles. The molecule has 3 aromatic rings. The standard InChI is InChI=1S/C17H22N6O/c1-13-16(14(2)23(21-13)7-8-24)9-19-17-6-4-3-5-15(17)10-22-12-18-11-20-22/h3-6,11-12,19,24H,7-10H2,1-2H3. The highest BCUT2D eigenvalue weighted by atomic mass is 16.3. The molecule has 2 aromatic heterocycles. The van der Waals surface area contributed by atoms with E-state index in [4.69, 9.17) is 5.11 Å². The third-order valence-corrected chi connectivity index (χ3v) is 4.12. The third kappa shape index (κ3) is 3.46. The summed E-state index contributed by atoms with van der Waals surface area (Å²) < 4.78 is 3.66. The first-order chi connectivity index (χ1) is 11.7. The van der Waals surface area contributed by atoms with E-state index >= 15 is 0 Å². The SMILES string of the molecule is Cc1nn(CCO)c(C)c1CNc1ccccc1Cn1cncn1. The zero-order chi connectivity index (χ0) is 16.9. The number of aliphatic hydroxyl groups excluding tert-OH is 1. The van der Waals surface area contributed by atoms with Gasteiger partial charge in [-0.3, -0.25) is 4.68 Å². The van der Waals surface area contributed by atoms with Crippen LogP contribution in [0.5, 0.6) is 0 Å². The predicted molar refractivity (Wildman–Crippen MR) is 91.7 cm³/mol. The Kier molecular flexibility index (Phi) is 4.90. The lowest BCUT2D eigenvalue weighted by molar-refractivity contribution is 0.268. The summed E-state index contributed by atoms with van der Waals surface area (Å²) in [6.45, 7) is 6.01. The number of anilines is 1. The highest BCUT2D eigenvalue weighted by Gasteiger charge is 2.11. The van der Waals surface area contributed by atoms with Gasteiger partial charge in [0, 0.05) is 23.5 Å². The number of nitrogens with zero attached hydrogens (tertiary/aromatic N) is 5. The molecule has 3 rings (SSSR count). The molecule has 0 spiro atoms. The van der Waals surface area contributed by atoms with Gasteiger partial charge in [-0.15, -0.1) is 0 Å². The molecule has 0 aliphatic carbocycles. The van der Waals surface area contributed by atoms with Crippen molar-refractivity contribution in [1.29, 1.82) is 0 Å². The Balaban J connectivity index is 1.75. The smallest absolute Gasteiger partial charge is 0.137 e. The Bertz CT molecular complexity index is 794. The largest absolute Gasteiger partial charge is 0.394 e. The van der Waals surface area contributed by atoms with Crippen LogP contribution in [0.15, 0.2) is 36.9 Å². The van der Waals surface area contributed by atoms with Crippen molar-refractivity contribution in [2.75, 3.05) is 11.9 Å². The Morgan fingerprint density at radius 2 is 2.04 bits per heavy atom. The van der Waals surface area contributed by atoms with Crippen molar-refractivity contribution < 1.29 is 5.11 Å². The van der Waals surface area contributed by atoms with Gasteiger partial charge in [-0.05, 0) is 25.5 Å². The number of aryl methyl sites for hydroxylation is 1. The van der Waals surface area contributed by atoms with Crippen molar-refractivity contribution >= 4 is 5.69 Å². The molecule has 0 bridgehead atoms. The Hall–Kier alpha value is -2.67. The normalized spacial score (nSPS) is 11.0. The van der Waals surface area contributed by atoms with Crippen LogP contribution in [0.1, 0.15) is 22.5 Å². The van der Waals surface area contributed by atoms with Gasteiger partial charge in [-0.25, -0.2) is 9.67 Å². The van der Waals surface area contributed by atoms with Crippen molar-refractivity contribution in [3.63, 3.8) is 0 Å². The Morgan fingerprint density at radius 3 is 2.79 bits per heavy atom. The van der Waals surface area contributed by atoms with Gasteiger partial charge in [0.1, 0.15) is 12.7 Å². The topological polar surface area (TPSA) is 80.8 Å². The lowest BCUT2D eigenvalue weighted by Crippen LogP contribution is -2.08. The molecular weight excluding hydrogens is 304 g/mol. The quantitative estimate of drug-likeness (QED) is 0.691. The van der Waals surface area contributed by atoms with Crippen molar-refractivity contribution in [1.82, 2.24) is 24.5 Å². The Labute approximate surface area is 141 Å². The van der Waals surface area contributed by atoms with E-state index < -0.39 is 0 Å². The molecule has 0 saturated carbocycles. The van der Waals surface area contributed by atoms with Crippen molar-refractivity contribution in [2.24, 2.45) is 0 Å². The van der Waals surface area contributed by atoms with Gasteiger partial charge in [0.2, 0.25) is 0 Å². The molecule has 0 unspecified atom stereocenters. The zero-order valence-electron chi connectivity index (χ0n) is 14.0. The van der Waals surface area contributed by atoms with Gasteiger partial charge in [-0.2, -0.15) is 10.2 Å². The van der Waals surface area contributed by atoms with Crippen LogP contribution in [0.4, 0.5) is 5.69 Å². The van der Waals surface area contributed by atoms with E-state index in [9.17, 15) is 0 Å².